The number of aromatic amines is 1. The van der Waals surface area contributed by atoms with Crippen molar-refractivity contribution in [3.63, 3.8) is 0 Å². The Morgan fingerprint density at radius 1 is 1.40 bits per heavy atom. The van der Waals surface area contributed by atoms with Crippen molar-refractivity contribution in [3.05, 3.63) is 46.1 Å². The predicted molar refractivity (Wildman–Crippen MR) is 57.0 cm³/mol. The van der Waals surface area contributed by atoms with Crippen molar-refractivity contribution in [2.75, 3.05) is 0 Å². The molecule has 0 atom stereocenters. The summed E-state index contributed by atoms with van der Waals surface area (Å²) in [6, 6.07) is 4.58. The third kappa shape index (κ3) is 1.99. The highest BCUT2D eigenvalue weighted by Gasteiger charge is 2.04. The Hall–Kier alpha value is -1.81. The molecule has 0 spiro atoms. The molecule has 1 heterocycles. The van der Waals surface area contributed by atoms with Gasteiger partial charge in [-0.2, -0.15) is 0 Å². The number of hydrogen-bond donors (Lipinski definition) is 2. The van der Waals surface area contributed by atoms with Crippen LogP contribution in [0.2, 0.25) is 5.02 Å². The quantitative estimate of drug-likeness (QED) is 0.773. The van der Waals surface area contributed by atoms with Crippen LogP contribution in [0.25, 0.3) is 11.1 Å². The van der Waals surface area contributed by atoms with Crippen molar-refractivity contribution in [3.8, 4) is 16.9 Å². The minimum atomic E-state index is -0.421. The molecule has 15 heavy (non-hydrogen) atoms. The molecule has 2 aromatic rings. The van der Waals surface area contributed by atoms with Crippen molar-refractivity contribution < 1.29 is 5.11 Å². The van der Waals surface area contributed by atoms with Crippen molar-refractivity contribution in [2.24, 2.45) is 0 Å². The van der Waals surface area contributed by atoms with E-state index in [9.17, 15) is 9.90 Å². The summed E-state index contributed by atoms with van der Waals surface area (Å²) >= 11 is 5.94. The molecular weight excluding hydrogens is 216 g/mol. The van der Waals surface area contributed by atoms with Crippen molar-refractivity contribution in [2.45, 2.75) is 0 Å². The SMILES string of the molecule is O=c1ncc(-c2cc(O)ccc2Cl)c[nH]1. The number of phenols is 1. The first-order chi connectivity index (χ1) is 7.16. The van der Waals surface area contributed by atoms with Crippen molar-refractivity contribution >= 4 is 11.6 Å². The molecule has 0 amide bonds. The van der Waals surface area contributed by atoms with Crippen LogP contribution in [0.15, 0.2) is 35.4 Å². The van der Waals surface area contributed by atoms with E-state index in [2.05, 4.69) is 9.97 Å². The Kier molecular flexibility index (Phi) is 2.43. The van der Waals surface area contributed by atoms with Gasteiger partial charge in [-0.25, -0.2) is 9.78 Å². The van der Waals surface area contributed by atoms with Gasteiger partial charge in [0.05, 0.1) is 0 Å². The van der Waals surface area contributed by atoms with E-state index in [-0.39, 0.29) is 5.75 Å². The van der Waals surface area contributed by atoms with E-state index in [0.717, 1.165) is 0 Å². The van der Waals surface area contributed by atoms with E-state index < -0.39 is 5.69 Å². The van der Waals surface area contributed by atoms with E-state index in [1.165, 1.54) is 24.5 Å². The highest BCUT2D eigenvalue weighted by Crippen LogP contribution is 2.29. The fraction of sp³-hybridized carbons (Fsp3) is 0. The maximum absolute atomic E-state index is 10.8. The van der Waals surface area contributed by atoms with Crippen LogP contribution in [-0.2, 0) is 0 Å². The Morgan fingerprint density at radius 3 is 2.87 bits per heavy atom. The third-order valence-corrected chi connectivity index (χ3v) is 2.26. The van der Waals surface area contributed by atoms with Crippen LogP contribution in [0.4, 0.5) is 0 Å². The van der Waals surface area contributed by atoms with Crippen LogP contribution in [0.3, 0.4) is 0 Å². The van der Waals surface area contributed by atoms with Crippen LogP contribution in [-0.4, -0.2) is 15.1 Å². The standard InChI is InChI=1S/C10H7ClN2O2/c11-9-2-1-7(14)3-8(9)6-4-12-10(15)13-5-6/h1-5,14H,(H,12,13,15). The zero-order valence-corrected chi connectivity index (χ0v) is 8.32. The summed E-state index contributed by atoms with van der Waals surface area (Å²) in [5.41, 5.74) is 0.853. The fourth-order valence-electron chi connectivity index (χ4n) is 1.22. The van der Waals surface area contributed by atoms with Gasteiger partial charge in [0, 0.05) is 28.5 Å². The molecule has 0 aliphatic rings. The highest BCUT2D eigenvalue weighted by atomic mass is 35.5. The third-order valence-electron chi connectivity index (χ3n) is 1.93. The van der Waals surface area contributed by atoms with Gasteiger partial charge in [0.25, 0.3) is 0 Å². The number of rotatable bonds is 1. The molecule has 4 nitrogen and oxygen atoms in total. The molecular formula is C10H7ClN2O2. The second kappa shape index (κ2) is 3.74. The summed E-state index contributed by atoms with van der Waals surface area (Å²) in [7, 11) is 0. The second-order valence-corrected chi connectivity index (χ2v) is 3.38. The molecule has 76 valence electrons. The number of aromatic hydroxyl groups is 1. The molecule has 0 saturated carbocycles. The monoisotopic (exact) mass is 222 g/mol. The number of H-pyrrole nitrogens is 1. The summed E-state index contributed by atoms with van der Waals surface area (Å²) in [6.07, 6.45) is 2.90. The Balaban J connectivity index is 2.58. The average Bonchev–Trinajstić information content (AvgIpc) is 2.23. The van der Waals surface area contributed by atoms with Gasteiger partial charge in [0.1, 0.15) is 5.75 Å². The number of phenolic OH excluding ortho intramolecular Hbond substituents is 1. The molecule has 0 aliphatic heterocycles. The van der Waals surface area contributed by atoms with Crippen LogP contribution in [0, 0.1) is 0 Å². The Bertz CT molecular complexity index is 531. The van der Waals surface area contributed by atoms with E-state index in [4.69, 9.17) is 11.6 Å². The number of nitrogens with one attached hydrogen (secondary N) is 1. The fourth-order valence-corrected chi connectivity index (χ4v) is 1.45. The lowest BCUT2D eigenvalue weighted by Crippen LogP contribution is -2.07. The summed E-state index contributed by atoms with van der Waals surface area (Å²) in [5, 5.41) is 9.79. The lowest BCUT2D eigenvalue weighted by molar-refractivity contribution is 0.475. The molecule has 0 radical (unpaired) electrons. The number of hydrogen-bond acceptors (Lipinski definition) is 3. The van der Waals surface area contributed by atoms with E-state index >= 15 is 0 Å². The largest absolute Gasteiger partial charge is 0.508 e. The summed E-state index contributed by atoms with van der Waals surface area (Å²) in [4.78, 5) is 16.8. The lowest BCUT2D eigenvalue weighted by Gasteiger charge is -2.03. The number of aromatic nitrogens is 2. The average molecular weight is 223 g/mol. The number of halogens is 1. The van der Waals surface area contributed by atoms with Crippen LogP contribution >= 0.6 is 11.6 Å². The van der Waals surface area contributed by atoms with Crippen LogP contribution in [0.5, 0.6) is 5.75 Å². The highest BCUT2D eigenvalue weighted by molar-refractivity contribution is 6.33. The van der Waals surface area contributed by atoms with E-state index in [0.29, 0.717) is 16.1 Å². The van der Waals surface area contributed by atoms with Gasteiger partial charge in [-0.05, 0) is 18.2 Å². The topological polar surface area (TPSA) is 66.0 Å². The van der Waals surface area contributed by atoms with E-state index in [1.54, 1.807) is 6.07 Å². The first-order valence-electron chi connectivity index (χ1n) is 4.20. The maximum Gasteiger partial charge on any atom is 0.344 e. The van der Waals surface area contributed by atoms with Crippen molar-refractivity contribution in [1.82, 2.24) is 9.97 Å². The molecule has 2 rings (SSSR count). The zero-order valence-electron chi connectivity index (χ0n) is 7.57. The minimum absolute atomic E-state index is 0.112. The normalized spacial score (nSPS) is 10.2. The molecule has 0 bridgehead atoms. The van der Waals surface area contributed by atoms with E-state index in [1.807, 2.05) is 0 Å². The van der Waals surface area contributed by atoms with Crippen molar-refractivity contribution in [1.29, 1.82) is 0 Å². The summed E-state index contributed by atoms with van der Waals surface area (Å²) in [6.45, 7) is 0. The summed E-state index contributed by atoms with van der Waals surface area (Å²) < 4.78 is 0. The molecule has 0 fully saturated rings. The smallest absolute Gasteiger partial charge is 0.344 e. The molecule has 0 saturated heterocycles. The Labute approximate surface area is 90.2 Å². The van der Waals surface area contributed by atoms with Gasteiger partial charge in [-0.1, -0.05) is 11.6 Å². The number of nitrogens with zero attached hydrogens (tertiary/aromatic N) is 1. The zero-order chi connectivity index (χ0) is 10.8. The summed E-state index contributed by atoms with van der Waals surface area (Å²) in [5.74, 6) is 0.112. The molecule has 1 aromatic carbocycles. The lowest BCUT2D eigenvalue weighted by atomic mass is 10.1. The Morgan fingerprint density at radius 2 is 2.20 bits per heavy atom. The predicted octanol–water partition coefficient (Wildman–Crippen LogP) is 1.80. The maximum atomic E-state index is 10.8. The van der Waals surface area contributed by atoms with Gasteiger partial charge < -0.3 is 10.1 Å². The van der Waals surface area contributed by atoms with Gasteiger partial charge in [-0.3, -0.25) is 0 Å². The molecule has 2 N–H and O–H groups in total. The first kappa shape index (κ1) is 9.73. The molecule has 5 heteroatoms. The second-order valence-electron chi connectivity index (χ2n) is 2.97. The van der Waals surface area contributed by atoms with Gasteiger partial charge in [0.2, 0.25) is 0 Å². The first-order valence-corrected chi connectivity index (χ1v) is 4.58. The molecule has 0 unspecified atom stereocenters. The minimum Gasteiger partial charge on any atom is -0.508 e. The van der Waals surface area contributed by atoms with Crippen LogP contribution in [0.1, 0.15) is 0 Å². The van der Waals surface area contributed by atoms with Gasteiger partial charge in [-0.15, -0.1) is 0 Å². The van der Waals surface area contributed by atoms with Gasteiger partial charge >= 0.3 is 5.69 Å². The van der Waals surface area contributed by atoms with Crippen LogP contribution < -0.4 is 5.69 Å². The molecule has 0 aliphatic carbocycles. The van der Waals surface area contributed by atoms with Gasteiger partial charge in [0.15, 0.2) is 0 Å². The number of benzene rings is 1. The molecule has 1 aromatic heterocycles.